The van der Waals surface area contributed by atoms with E-state index in [1.54, 1.807) is 18.3 Å². The number of alkyl halides is 3. The molecule has 3 rings (SSSR count). The van der Waals surface area contributed by atoms with Crippen molar-refractivity contribution in [1.29, 1.82) is 0 Å². The smallest absolute Gasteiger partial charge is 0.417 e. The van der Waals surface area contributed by atoms with E-state index in [0.29, 0.717) is 16.7 Å². The summed E-state index contributed by atoms with van der Waals surface area (Å²) in [5, 5.41) is 14.7. The van der Waals surface area contributed by atoms with Crippen LogP contribution in [0.3, 0.4) is 0 Å². The second-order valence-corrected chi connectivity index (χ2v) is 8.99. The Bertz CT molecular complexity index is 1110. The molecular formula is C24H29F4N3O2. The Labute approximate surface area is 190 Å². The molecule has 2 aromatic heterocycles. The molecule has 3 aromatic rings. The van der Waals surface area contributed by atoms with Crippen LogP contribution in [0, 0.1) is 5.82 Å². The molecule has 0 fully saturated rings. The Morgan fingerprint density at radius 3 is 2.52 bits per heavy atom. The number of fused-ring (bicyclic) bond motifs is 1. The number of nitrogens with zero attached hydrogens (tertiary/aromatic N) is 1. The summed E-state index contributed by atoms with van der Waals surface area (Å²) in [6, 6.07) is 7.03. The topological polar surface area (TPSA) is 70.2 Å². The highest BCUT2D eigenvalue weighted by Crippen LogP contribution is 2.45. The van der Waals surface area contributed by atoms with Crippen LogP contribution in [0.5, 0.6) is 5.75 Å². The molecule has 0 radical (unpaired) electrons. The molecule has 1 atom stereocenters. The molecule has 0 amide bonds. The van der Waals surface area contributed by atoms with E-state index in [1.165, 1.54) is 33.1 Å². The largest absolute Gasteiger partial charge is 0.496 e. The lowest BCUT2D eigenvalue weighted by Gasteiger charge is -2.38. The molecule has 3 N–H and O–H groups in total. The fraction of sp³-hybridized carbons (Fsp3) is 0.458. The van der Waals surface area contributed by atoms with Crippen LogP contribution in [0.15, 0.2) is 36.5 Å². The molecule has 180 valence electrons. The predicted molar refractivity (Wildman–Crippen MR) is 120 cm³/mol. The fourth-order valence-electron chi connectivity index (χ4n) is 4.15. The number of rotatable bonds is 9. The van der Waals surface area contributed by atoms with Crippen molar-refractivity contribution in [3.63, 3.8) is 0 Å². The minimum Gasteiger partial charge on any atom is -0.496 e. The van der Waals surface area contributed by atoms with Crippen molar-refractivity contribution in [2.24, 2.45) is 0 Å². The van der Waals surface area contributed by atoms with E-state index >= 15 is 0 Å². The van der Waals surface area contributed by atoms with Crippen LogP contribution in [-0.2, 0) is 11.8 Å². The van der Waals surface area contributed by atoms with Crippen molar-refractivity contribution in [2.45, 2.75) is 57.2 Å². The average Bonchev–Trinajstić information content (AvgIpc) is 3.12. The zero-order valence-corrected chi connectivity index (χ0v) is 19.1. The van der Waals surface area contributed by atoms with Crippen LogP contribution in [0.4, 0.5) is 23.4 Å². The van der Waals surface area contributed by atoms with Crippen molar-refractivity contribution in [2.75, 3.05) is 19.0 Å². The first-order valence-corrected chi connectivity index (χ1v) is 10.7. The van der Waals surface area contributed by atoms with Crippen molar-refractivity contribution >= 4 is 16.7 Å². The van der Waals surface area contributed by atoms with Crippen molar-refractivity contribution in [1.82, 2.24) is 9.97 Å². The maximum atomic E-state index is 14.2. The first-order valence-electron chi connectivity index (χ1n) is 10.7. The third kappa shape index (κ3) is 5.40. The second-order valence-electron chi connectivity index (χ2n) is 8.99. The van der Waals surface area contributed by atoms with Gasteiger partial charge in [0.25, 0.3) is 0 Å². The van der Waals surface area contributed by atoms with E-state index in [0.717, 1.165) is 19.0 Å². The van der Waals surface area contributed by atoms with Gasteiger partial charge in [0.2, 0.25) is 0 Å². The van der Waals surface area contributed by atoms with Gasteiger partial charge in [0.1, 0.15) is 17.4 Å². The summed E-state index contributed by atoms with van der Waals surface area (Å²) in [5.41, 5.74) is -3.27. The number of methoxy groups -OCH3 is 1. The third-order valence-electron chi connectivity index (χ3n) is 5.75. The zero-order chi connectivity index (χ0) is 24.4. The Hall–Kier alpha value is -2.81. The molecule has 0 bridgehead atoms. The molecule has 0 spiro atoms. The van der Waals surface area contributed by atoms with Gasteiger partial charge in [-0.25, -0.2) is 9.37 Å². The summed E-state index contributed by atoms with van der Waals surface area (Å²) in [5.74, 6) is 0.292. The molecule has 33 heavy (non-hydrogen) atoms. The number of aromatic amines is 1. The van der Waals surface area contributed by atoms with E-state index in [9.17, 15) is 22.7 Å². The van der Waals surface area contributed by atoms with Gasteiger partial charge >= 0.3 is 6.18 Å². The Morgan fingerprint density at radius 1 is 1.15 bits per heavy atom. The van der Waals surface area contributed by atoms with Gasteiger partial charge in [0.05, 0.1) is 18.8 Å². The van der Waals surface area contributed by atoms with Crippen molar-refractivity contribution in [3.05, 3.63) is 53.6 Å². The molecule has 1 unspecified atom stereocenters. The molecular weight excluding hydrogens is 438 g/mol. The van der Waals surface area contributed by atoms with Crippen LogP contribution in [-0.4, -0.2) is 40.5 Å². The van der Waals surface area contributed by atoms with Gasteiger partial charge in [-0.3, -0.25) is 0 Å². The highest BCUT2D eigenvalue weighted by molar-refractivity contribution is 5.82. The molecule has 0 aliphatic carbocycles. The van der Waals surface area contributed by atoms with Crippen LogP contribution in [0.1, 0.15) is 44.9 Å². The molecule has 0 aliphatic rings. The van der Waals surface area contributed by atoms with Crippen LogP contribution in [0.2, 0.25) is 0 Å². The van der Waals surface area contributed by atoms with E-state index in [2.05, 4.69) is 15.3 Å². The van der Waals surface area contributed by atoms with Crippen LogP contribution in [0.25, 0.3) is 10.9 Å². The minimum absolute atomic E-state index is 0.223. The SMILES string of the molecule is CCCNc1cc2cc(CC(O)(CC(C)(C)c3cc(F)ccc3OC)C(F)(F)F)[nH]c2cn1. The number of ether oxygens (including phenoxy) is 1. The molecule has 0 saturated heterocycles. The van der Waals surface area contributed by atoms with Gasteiger partial charge in [-0.1, -0.05) is 20.8 Å². The summed E-state index contributed by atoms with van der Waals surface area (Å²) in [7, 11) is 1.37. The monoisotopic (exact) mass is 467 g/mol. The normalized spacial score (nSPS) is 14.3. The minimum atomic E-state index is -4.92. The third-order valence-corrected chi connectivity index (χ3v) is 5.75. The lowest BCUT2D eigenvalue weighted by atomic mass is 9.73. The lowest BCUT2D eigenvalue weighted by Crippen LogP contribution is -2.51. The number of H-pyrrole nitrogens is 1. The maximum Gasteiger partial charge on any atom is 0.417 e. The Balaban J connectivity index is 1.94. The quantitative estimate of drug-likeness (QED) is 0.351. The zero-order valence-electron chi connectivity index (χ0n) is 19.1. The van der Waals surface area contributed by atoms with Gasteiger partial charge in [-0.05, 0) is 48.6 Å². The van der Waals surface area contributed by atoms with Crippen molar-refractivity contribution in [3.8, 4) is 5.75 Å². The predicted octanol–water partition coefficient (Wildman–Crippen LogP) is 5.74. The van der Waals surface area contributed by atoms with Gasteiger partial charge < -0.3 is 20.1 Å². The number of anilines is 1. The highest BCUT2D eigenvalue weighted by atomic mass is 19.4. The molecule has 5 nitrogen and oxygen atoms in total. The Kier molecular flexibility index (Phi) is 6.93. The van der Waals surface area contributed by atoms with Gasteiger partial charge in [-0.15, -0.1) is 0 Å². The lowest BCUT2D eigenvalue weighted by molar-refractivity contribution is -0.266. The van der Waals surface area contributed by atoms with E-state index in [1.807, 2.05) is 6.92 Å². The van der Waals surface area contributed by atoms with Gasteiger partial charge in [0.15, 0.2) is 5.60 Å². The van der Waals surface area contributed by atoms with E-state index in [-0.39, 0.29) is 17.0 Å². The molecule has 9 heteroatoms. The number of benzene rings is 1. The molecule has 0 aliphatic heterocycles. The number of aliphatic hydroxyl groups is 1. The van der Waals surface area contributed by atoms with E-state index < -0.39 is 35.9 Å². The number of pyridine rings is 1. The molecule has 1 aromatic carbocycles. The van der Waals surface area contributed by atoms with Crippen molar-refractivity contribution < 1.29 is 27.4 Å². The summed E-state index contributed by atoms with van der Waals surface area (Å²) in [6.07, 6.45) is -3.86. The Morgan fingerprint density at radius 2 is 1.88 bits per heavy atom. The summed E-state index contributed by atoms with van der Waals surface area (Å²) in [6.45, 7) is 5.80. The maximum absolute atomic E-state index is 14.2. The average molecular weight is 468 g/mol. The first-order chi connectivity index (χ1) is 15.4. The summed E-state index contributed by atoms with van der Waals surface area (Å²) >= 11 is 0. The number of aromatic nitrogens is 2. The second kappa shape index (κ2) is 9.21. The molecule has 2 heterocycles. The van der Waals surface area contributed by atoms with Crippen LogP contribution >= 0.6 is 0 Å². The number of hydrogen-bond donors (Lipinski definition) is 3. The number of hydrogen-bond acceptors (Lipinski definition) is 4. The number of halogens is 4. The van der Waals surface area contributed by atoms with E-state index in [4.69, 9.17) is 4.74 Å². The summed E-state index contributed by atoms with van der Waals surface area (Å²) in [4.78, 5) is 7.18. The standard InChI is InChI=1S/C24H29F4N3O2/c1-5-8-29-21-10-15-9-17(31-19(15)13-30-21)12-23(32,24(26,27)28)14-22(2,3)18-11-16(25)6-7-20(18)33-4/h6-7,9-11,13,31-32H,5,8,12,14H2,1-4H3,(H,29,30). The number of nitrogens with one attached hydrogen (secondary N) is 2. The summed E-state index contributed by atoms with van der Waals surface area (Å²) < 4.78 is 61.6. The first kappa shape index (κ1) is 24.8. The van der Waals surface area contributed by atoms with Crippen LogP contribution < -0.4 is 10.1 Å². The highest BCUT2D eigenvalue weighted by Gasteiger charge is 2.56. The fourth-order valence-corrected chi connectivity index (χ4v) is 4.15. The van der Waals surface area contributed by atoms with Gasteiger partial charge in [-0.2, -0.15) is 13.2 Å². The van der Waals surface area contributed by atoms with Gasteiger partial charge in [0, 0.05) is 29.6 Å². The molecule has 0 saturated carbocycles.